The molecule has 1 aliphatic rings. The largest absolute Gasteiger partial charge is 0.396 e. The van der Waals surface area contributed by atoms with Crippen LogP contribution in [0, 0.1) is 22.5 Å². The molecule has 1 aliphatic carbocycles. The van der Waals surface area contributed by atoms with Crippen molar-refractivity contribution in [3.05, 3.63) is 52.1 Å². The van der Waals surface area contributed by atoms with E-state index in [4.69, 9.17) is 5.73 Å². The van der Waals surface area contributed by atoms with E-state index in [1.165, 1.54) is 6.07 Å². The van der Waals surface area contributed by atoms with Crippen molar-refractivity contribution >= 4 is 17.1 Å². The van der Waals surface area contributed by atoms with Crippen LogP contribution in [0.3, 0.4) is 0 Å². The molecule has 2 unspecified atom stereocenters. The highest BCUT2D eigenvalue weighted by molar-refractivity contribution is 5.70. The van der Waals surface area contributed by atoms with E-state index < -0.39 is 4.92 Å². The van der Waals surface area contributed by atoms with Crippen LogP contribution in [-0.4, -0.2) is 22.7 Å². The Hall–Kier alpha value is -2.54. The Bertz CT molecular complexity index is 697. The molecule has 0 saturated heterocycles. The summed E-state index contributed by atoms with van der Waals surface area (Å²) in [6.45, 7) is 3.74. The minimum atomic E-state index is -0.518. The third-order valence-corrected chi connectivity index (χ3v) is 4.16. The van der Waals surface area contributed by atoms with Gasteiger partial charge >= 0.3 is 0 Å². The molecular weight excluding hydrogens is 296 g/mol. The van der Waals surface area contributed by atoms with Crippen LogP contribution < -0.4 is 5.73 Å². The van der Waals surface area contributed by atoms with Crippen molar-refractivity contribution < 1.29 is 10.0 Å². The van der Waals surface area contributed by atoms with Gasteiger partial charge in [-0.2, -0.15) is 10.2 Å². The average molecular weight is 316 g/mol. The van der Waals surface area contributed by atoms with Crippen LogP contribution in [0.4, 0.5) is 17.1 Å². The first-order valence-electron chi connectivity index (χ1n) is 7.30. The second kappa shape index (κ2) is 6.70. The number of nitrogens with zero attached hydrogens (tertiary/aromatic N) is 3. The van der Waals surface area contributed by atoms with Crippen molar-refractivity contribution in [3.63, 3.8) is 0 Å². The molecule has 0 bridgehead atoms. The van der Waals surface area contributed by atoms with E-state index in [2.05, 4.69) is 10.2 Å². The summed E-state index contributed by atoms with van der Waals surface area (Å²) in [4.78, 5) is 10.4. The second-order valence-corrected chi connectivity index (χ2v) is 5.78. The van der Waals surface area contributed by atoms with Gasteiger partial charge < -0.3 is 10.8 Å². The zero-order valence-corrected chi connectivity index (χ0v) is 13.1. The molecule has 0 aliphatic heterocycles. The number of nitrogen functional groups attached to an aromatic ring is 1. The van der Waals surface area contributed by atoms with Gasteiger partial charge in [0.25, 0.3) is 5.69 Å². The zero-order chi connectivity index (χ0) is 17.0. The predicted molar refractivity (Wildman–Crippen MR) is 88.6 cm³/mol. The maximum absolute atomic E-state index is 10.9. The Morgan fingerprint density at radius 1 is 1.43 bits per heavy atom. The summed E-state index contributed by atoms with van der Waals surface area (Å²) in [7, 11) is 0. The number of nitrogens with two attached hydrogens (primary N) is 1. The highest BCUT2D eigenvalue weighted by Gasteiger charge is 2.31. The minimum absolute atomic E-state index is 0.0597. The smallest absolute Gasteiger partial charge is 0.292 e. The number of aliphatic hydroxyl groups is 1. The fourth-order valence-electron chi connectivity index (χ4n) is 2.50. The number of benzene rings is 1. The van der Waals surface area contributed by atoms with Gasteiger partial charge in [-0.1, -0.05) is 31.2 Å². The van der Waals surface area contributed by atoms with E-state index in [1.807, 2.05) is 31.2 Å². The summed E-state index contributed by atoms with van der Waals surface area (Å²) in [6.07, 6.45) is 8.31. The molecule has 0 amide bonds. The number of rotatable bonds is 5. The number of allylic oxidation sites excluding steroid dienone is 2. The summed E-state index contributed by atoms with van der Waals surface area (Å²) >= 11 is 0. The first-order valence-corrected chi connectivity index (χ1v) is 7.30. The standard InChI is InChI=1S/C16H20N4O3/c1-11-12(6-7-13(15(11)17)20(22)23)18-19-14-5-3-4-8-16(14,2)9-10-21/h3-8,14,21H,9-10,17H2,1-2H3. The fourth-order valence-corrected chi connectivity index (χ4v) is 2.50. The summed E-state index contributed by atoms with van der Waals surface area (Å²) in [5, 5.41) is 28.7. The SMILES string of the molecule is Cc1c(N=NC2C=CC=CC2(C)CCO)ccc([N+](=O)[O-])c1N. The molecule has 122 valence electrons. The Morgan fingerprint density at radius 2 is 2.17 bits per heavy atom. The molecule has 1 aromatic rings. The molecule has 3 N–H and O–H groups in total. The molecule has 0 fully saturated rings. The molecule has 23 heavy (non-hydrogen) atoms. The molecular formula is C16H20N4O3. The van der Waals surface area contributed by atoms with Crippen LogP contribution in [0.5, 0.6) is 0 Å². The van der Waals surface area contributed by atoms with E-state index >= 15 is 0 Å². The van der Waals surface area contributed by atoms with Gasteiger partial charge in [-0.15, -0.1) is 0 Å². The number of hydrogen-bond donors (Lipinski definition) is 2. The van der Waals surface area contributed by atoms with Crippen LogP contribution in [0.25, 0.3) is 0 Å². The van der Waals surface area contributed by atoms with Crippen LogP contribution in [-0.2, 0) is 0 Å². The number of nitro groups is 1. The molecule has 1 aromatic carbocycles. The van der Waals surface area contributed by atoms with Gasteiger partial charge in [0.05, 0.1) is 16.7 Å². The third-order valence-electron chi connectivity index (χ3n) is 4.16. The normalized spacial score (nSPS) is 23.5. The van der Waals surface area contributed by atoms with Crippen LogP contribution in [0.15, 0.2) is 46.7 Å². The Labute approximate surface area is 134 Å². The maximum atomic E-state index is 10.9. The Balaban J connectivity index is 2.30. The second-order valence-electron chi connectivity index (χ2n) is 5.78. The van der Waals surface area contributed by atoms with E-state index in [1.54, 1.807) is 13.0 Å². The molecule has 0 aromatic heterocycles. The molecule has 0 radical (unpaired) electrons. The number of nitro benzene ring substituents is 1. The van der Waals surface area contributed by atoms with Crippen molar-refractivity contribution in [3.8, 4) is 0 Å². The first kappa shape index (κ1) is 16.8. The van der Waals surface area contributed by atoms with Crippen LogP contribution in [0.2, 0.25) is 0 Å². The zero-order valence-electron chi connectivity index (χ0n) is 13.1. The number of azo groups is 1. The topological polar surface area (TPSA) is 114 Å². The van der Waals surface area contributed by atoms with E-state index in [-0.39, 0.29) is 29.4 Å². The van der Waals surface area contributed by atoms with Crippen molar-refractivity contribution in [1.82, 2.24) is 0 Å². The Morgan fingerprint density at radius 3 is 2.83 bits per heavy atom. The van der Waals surface area contributed by atoms with Crippen molar-refractivity contribution in [2.24, 2.45) is 15.6 Å². The monoisotopic (exact) mass is 316 g/mol. The van der Waals surface area contributed by atoms with Gasteiger partial charge in [-0.3, -0.25) is 10.1 Å². The third kappa shape index (κ3) is 3.45. The summed E-state index contributed by atoms with van der Waals surface area (Å²) < 4.78 is 0. The van der Waals surface area contributed by atoms with E-state index in [9.17, 15) is 15.2 Å². The number of hydrogen-bond acceptors (Lipinski definition) is 6. The lowest BCUT2D eigenvalue weighted by molar-refractivity contribution is -0.383. The lowest BCUT2D eigenvalue weighted by Crippen LogP contribution is -2.29. The average Bonchev–Trinajstić information content (AvgIpc) is 2.50. The van der Waals surface area contributed by atoms with E-state index in [0.717, 1.165) is 0 Å². The van der Waals surface area contributed by atoms with Crippen molar-refractivity contribution in [1.29, 1.82) is 0 Å². The maximum Gasteiger partial charge on any atom is 0.292 e. The van der Waals surface area contributed by atoms with Crippen molar-refractivity contribution in [2.75, 3.05) is 12.3 Å². The lowest BCUT2D eigenvalue weighted by atomic mass is 9.77. The summed E-state index contributed by atoms with van der Waals surface area (Å²) in [5.74, 6) is 0. The molecule has 0 spiro atoms. The molecule has 7 nitrogen and oxygen atoms in total. The van der Waals surface area contributed by atoms with Crippen LogP contribution >= 0.6 is 0 Å². The first-order chi connectivity index (χ1) is 10.9. The molecule has 0 heterocycles. The minimum Gasteiger partial charge on any atom is -0.396 e. The van der Waals surface area contributed by atoms with Crippen molar-refractivity contribution in [2.45, 2.75) is 26.3 Å². The van der Waals surface area contributed by atoms with Gasteiger partial charge in [0, 0.05) is 23.7 Å². The fraction of sp³-hybridized carbons (Fsp3) is 0.375. The Kier molecular flexibility index (Phi) is 4.90. The highest BCUT2D eigenvalue weighted by Crippen LogP contribution is 2.36. The molecule has 2 rings (SSSR count). The van der Waals surface area contributed by atoms with Gasteiger partial charge in [-0.05, 0) is 19.4 Å². The van der Waals surface area contributed by atoms with Crippen LogP contribution in [0.1, 0.15) is 18.9 Å². The van der Waals surface area contributed by atoms with Gasteiger partial charge in [0.2, 0.25) is 0 Å². The van der Waals surface area contributed by atoms with Gasteiger partial charge in [0.1, 0.15) is 5.69 Å². The van der Waals surface area contributed by atoms with E-state index in [0.29, 0.717) is 17.7 Å². The molecule has 7 heteroatoms. The molecule has 2 atom stereocenters. The van der Waals surface area contributed by atoms with Gasteiger partial charge in [0.15, 0.2) is 0 Å². The predicted octanol–water partition coefficient (Wildman–Crippen LogP) is 3.45. The number of anilines is 1. The summed E-state index contributed by atoms with van der Waals surface area (Å²) in [6, 6.07) is 2.66. The summed E-state index contributed by atoms with van der Waals surface area (Å²) in [5.41, 5.74) is 6.48. The molecule has 0 saturated carbocycles. The number of aliphatic hydroxyl groups excluding tert-OH is 1. The highest BCUT2D eigenvalue weighted by atomic mass is 16.6. The van der Waals surface area contributed by atoms with Gasteiger partial charge in [-0.25, -0.2) is 0 Å². The quantitative estimate of drug-likeness (QED) is 0.374. The lowest BCUT2D eigenvalue weighted by Gasteiger charge is -2.31.